The molecule has 0 fully saturated rings. The normalized spacial score (nSPS) is 12.2. The van der Waals surface area contributed by atoms with E-state index in [2.05, 4.69) is 5.32 Å². The summed E-state index contributed by atoms with van der Waals surface area (Å²) < 4.78 is 5.32. The summed E-state index contributed by atoms with van der Waals surface area (Å²) in [4.78, 5) is 12.0. The first kappa shape index (κ1) is 15.9. The maximum atomic E-state index is 12.0. The molecule has 0 bridgehead atoms. The number of aliphatic hydroxyl groups excluding tert-OH is 1. The van der Waals surface area contributed by atoms with Crippen molar-refractivity contribution >= 4 is 29.1 Å². The third-order valence-corrected chi connectivity index (χ3v) is 3.59. The molecule has 1 heterocycles. The molecular formula is C15H15Cl2NO3. The molecule has 1 aromatic carbocycles. The van der Waals surface area contributed by atoms with Crippen molar-refractivity contribution in [3.63, 3.8) is 0 Å². The minimum atomic E-state index is -0.921. The van der Waals surface area contributed by atoms with Crippen LogP contribution in [0.4, 0.5) is 0 Å². The summed E-state index contributed by atoms with van der Waals surface area (Å²) in [6.07, 6.45) is -0.921. The quantitative estimate of drug-likeness (QED) is 0.900. The second-order valence-corrected chi connectivity index (χ2v) is 5.60. The number of benzene rings is 1. The predicted octanol–water partition coefficient (Wildman–Crippen LogP) is 3.67. The van der Waals surface area contributed by atoms with Gasteiger partial charge in [0.25, 0.3) is 5.91 Å². The van der Waals surface area contributed by atoms with Crippen molar-refractivity contribution in [2.45, 2.75) is 20.0 Å². The van der Waals surface area contributed by atoms with Crippen LogP contribution in [0, 0.1) is 13.8 Å². The molecule has 2 rings (SSSR count). The van der Waals surface area contributed by atoms with E-state index in [0.717, 1.165) is 5.56 Å². The summed E-state index contributed by atoms with van der Waals surface area (Å²) in [6, 6.07) is 6.59. The number of hydrogen-bond donors (Lipinski definition) is 2. The van der Waals surface area contributed by atoms with Crippen LogP contribution < -0.4 is 5.32 Å². The molecule has 21 heavy (non-hydrogen) atoms. The molecule has 1 unspecified atom stereocenters. The molecule has 0 radical (unpaired) electrons. The van der Waals surface area contributed by atoms with Crippen LogP contribution in [0.15, 0.2) is 28.7 Å². The number of nitrogens with one attached hydrogen (secondary N) is 1. The third-order valence-electron chi connectivity index (χ3n) is 3.02. The number of carbonyl (C=O) groups is 1. The highest BCUT2D eigenvalue weighted by molar-refractivity contribution is 6.35. The van der Waals surface area contributed by atoms with E-state index in [0.29, 0.717) is 21.4 Å². The molecule has 0 aliphatic rings. The lowest BCUT2D eigenvalue weighted by Gasteiger charge is -2.13. The number of hydrogen-bond acceptors (Lipinski definition) is 3. The van der Waals surface area contributed by atoms with Crippen molar-refractivity contribution in [1.82, 2.24) is 5.32 Å². The summed E-state index contributed by atoms with van der Waals surface area (Å²) in [6.45, 7) is 3.59. The molecule has 112 valence electrons. The van der Waals surface area contributed by atoms with E-state index in [1.54, 1.807) is 38.1 Å². The monoisotopic (exact) mass is 327 g/mol. The molecule has 0 saturated carbocycles. The molecule has 1 aromatic heterocycles. The van der Waals surface area contributed by atoms with Crippen LogP contribution in [0.5, 0.6) is 0 Å². The summed E-state index contributed by atoms with van der Waals surface area (Å²) in [5.74, 6) is 0.547. The van der Waals surface area contributed by atoms with Crippen LogP contribution in [0.25, 0.3) is 0 Å². The van der Waals surface area contributed by atoms with Crippen LogP contribution in [-0.2, 0) is 0 Å². The Kier molecular flexibility index (Phi) is 4.93. The molecule has 1 amide bonds. The van der Waals surface area contributed by atoms with Gasteiger partial charge in [0.15, 0.2) is 5.76 Å². The Balaban J connectivity index is 2.02. The molecule has 0 aliphatic carbocycles. The number of furan rings is 1. The van der Waals surface area contributed by atoms with Gasteiger partial charge in [0, 0.05) is 27.7 Å². The Hall–Kier alpha value is -1.49. The lowest BCUT2D eigenvalue weighted by atomic mass is 10.1. The van der Waals surface area contributed by atoms with Crippen molar-refractivity contribution in [2.24, 2.45) is 0 Å². The van der Waals surface area contributed by atoms with Crippen LogP contribution in [-0.4, -0.2) is 17.6 Å². The van der Waals surface area contributed by atoms with Crippen LogP contribution >= 0.6 is 23.2 Å². The third kappa shape index (κ3) is 3.79. The van der Waals surface area contributed by atoms with Crippen molar-refractivity contribution in [3.05, 3.63) is 57.0 Å². The smallest absolute Gasteiger partial charge is 0.287 e. The Morgan fingerprint density at radius 3 is 2.62 bits per heavy atom. The van der Waals surface area contributed by atoms with Gasteiger partial charge in [-0.2, -0.15) is 0 Å². The van der Waals surface area contributed by atoms with Gasteiger partial charge in [-0.1, -0.05) is 29.3 Å². The largest absolute Gasteiger partial charge is 0.456 e. The molecule has 2 aromatic rings. The van der Waals surface area contributed by atoms with E-state index in [9.17, 15) is 9.90 Å². The lowest BCUT2D eigenvalue weighted by Crippen LogP contribution is -2.28. The molecular weight excluding hydrogens is 313 g/mol. The zero-order valence-electron chi connectivity index (χ0n) is 11.6. The Morgan fingerprint density at radius 2 is 2.05 bits per heavy atom. The highest BCUT2D eigenvalue weighted by Gasteiger charge is 2.17. The number of aliphatic hydroxyl groups is 1. The lowest BCUT2D eigenvalue weighted by molar-refractivity contribution is 0.0887. The van der Waals surface area contributed by atoms with Crippen LogP contribution in [0.2, 0.25) is 10.0 Å². The van der Waals surface area contributed by atoms with Gasteiger partial charge in [-0.05, 0) is 32.0 Å². The van der Waals surface area contributed by atoms with Gasteiger partial charge < -0.3 is 14.8 Å². The van der Waals surface area contributed by atoms with Crippen molar-refractivity contribution in [1.29, 1.82) is 0 Å². The Morgan fingerprint density at radius 1 is 1.33 bits per heavy atom. The molecule has 0 spiro atoms. The van der Waals surface area contributed by atoms with Crippen molar-refractivity contribution in [3.8, 4) is 0 Å². The van der Waals surface area contributed by atoms with E-state index in [1.165, 1.54) is 0 Å². The molecule has 4 nitrogen and oxygen atoms in total. The van der Waals surface area contributed by atoms with Gasteiger partial charge in [-0.3, -0.25) is 4.79 Å². The second-order valence-electron chi connectivity index (χ2n) is 4.76. The number of amides is 1. The molecule has 6 heteroatoms. The van der Waals surface area contributed by atoms with Crippen molar-refractivity contribution in [2.75, 3.05) is 6.54 Å². The van der Waals surface area contributed by atoms with Crippen LogP contribution in [0.1, 0.15) is 33.5 Å². The molecule has 0 saturated heterocycles. The Bertz CT molecular complexity index is 667. The molecule has 2 N–H and O–H groups in total. The summed E-state index contributed by atoms with van der Waals surface area (Å²) in [5, 5.41) is 13.6. The van der Waals surface area contributed by atoms with E-state index < -0.39 is 6.10 Å². The first-order valence-corrected chi connectivity index (χ1v) is 7.12. The molecule has 0 aliphatic heterocycles. The first-order valence-electron chi connectivity index (χ1n) is 6.36. The molecule has 1 atom stereocenters. The number of carbonyl (C=O) groups excluding carboxylic acids is 1. The average molecular weight is 328 g/mol. The maximum absolute atomic E-state index is 12.0. The number of halogens is 2. The first-order chi connectivity index (χ1) is 9.88. The van der Waals surface area contributed by atoms with E-state index in [-0.39, 0.29) is 18.2 Å². The fourth-order valence-corrected chi connectivity index (χ4v) is 2.55. The zero-order valence-corrected chi connectivity index (χ0v) is 13.1. The predicted molar refractivity (Wildman–Crippen MR) is 81.9 cm³/mol. The topological polar surface area (TPSA) is 62.5 Å². The van der Waals surface area contributed by atoms with Gasteiger partial charge in [0.1, 0.15) is 5.76 Å². The van der Waals surface area contributed by atoms with Crippen molar-refractivity contribution < 1.29 is 14.3 Å². The average Bonchev–Trinajstić information content (AvgIpc) is 2.74. The second kappa shape index (κ2) is 6.52. The SMILES string of the molecule is Cc1cc(C)c(C(=O)NCC(O)c2ccc(Cl)cc2Cl)o1. The number of aryl methyl sites for hydroxylation is 2. The van der Waals surface area contributed by atoms with E-state index in [4.69, 9.17) is 27.6 Å². The van der Waals surface area contributed by atoms with Gasteiger partial charge in [0.05, 0.1) is 6.10 Å². The Labute approximate surface area is 132 Å². The van der Waals surface area contributed by atoms with Gasteiger partial charge >= 0.3 is 0 Å². The summed E-state index contributed by atoms with van der Waals surface area (Å²) in [7, 11) is 0. The highest BCUT2D eigenvalue weighted by Crippen LogP contribution is 2.26. The summed E-state index contributed by atoms with van der Waals surface area (Å²) >= 11 is 11.8. The minimum Gasteiger partial charge on any atom is -0.456 e. The summed E-state index contributed by atoms with van der Waals surface area (Å²) in [5.41, 5.74) is 1.26. The zero-order chi connectivity index (χ0) is 15.6. The van der Waals surface area contributed by atoms with Gasteiger partial charge in [-0.25, -0.2) is 0 Å². The number of rotatable bonds is 4. The fraction of sp³-hybridized carbons (Fsp3) is 0.267. The highest BCUT2D eigenvalue weighted by atomic mass is 35.5. The standard InChI is InChI=1S/C15H15Cl2NO3/c1-8-5-9(2)21-14(8)15(20)18-7-13(19)11-4-3-10(16)6-12(11)17/h3-6,13,19H,7H2,1-2H3,(H,18,20). The van der Waals surface area contributed by atoms with Gasteiger partial charge in [-0.15, -0.1) is 0 Å². The van der Waals surface area contributed by atoms with Gasteiger partial charge in [0.2, 0.25) is 0 Å². The maximum Gasteiger partial charge on any atom is 0.287 e. The van der Waals surface area contributed by atoms with Crippen LogP contribution in [0.3, 0.4) is 0 Å². The van der Waals surface area contributed by atoms with E-state index >= 15 is 0 Å². The fourth-order valence-electron chi connectivity index (χ4n) is 2.02. The van der Waals surface area contributed by atoms with E-state index in [1.807, 2.05) is 0 Å². The minimum absolute atomic E-state index is 0.0272.